The molecule has 4 N–H and O–H groups in total. The summed E-state index contributed by atoms with van der Waals surface area (Å²) in [6.45, 7) is 5.85. The number of ether oxygens (including phenoxy) is 1. The van der Waals surface area contributed by atoms with Crippen molar-refractivity contribution in [1.82, 2.24) is 0 Å². The van der Waals surface area contributed by atoms with Crippen LogP contribution in [0.4, 0.5) is 0 Å². The standard InChI is InChI=1S/C23H36O7.Na.H/c1-4-13(2)23(29)30-20-11-17(25)9-15-6-5-14(3)19(22(15)20)8-7-16(24)10-18(26)12-21(27)28;;/h5-6,9,13-14,16-20,22,24-26H,4,7-8,10-12H2,1-3H3,(H,27,28);;/t13-,14-,16+,17+,18?,19-,20-,22-;;/m0../s1. The van der Waals surface area contributed by atoms with Gasteiger partial charge in [-0.1, -0.05) is 39.0 Å². The predicted molar refractivity (Wildman–Crippen MR) is 119 cm³/mol. The molecule has 0 aliphatic heterocycles. The van der Waals surface area contributed by atoms with Crippen molar-refractivity contribution in [2.75, 3.05) is 0 Å². The SMILES string of the molecule is CC[C@H](C)C(=O)O[C@H]1C[C@H](O)C=C2C=C[C@H](C)[C@H](CC[C@@H](O)CC(O)CC(=O)O)[C@H]21.[NaH]. The molecule has 2 aliphatic rings. The zero-order valence-corrected chi connectivity index (χ0v) is 18.1. The van der Waals surface area contributed by atoms with E-state index >= 15 is 0 Å². The Kier molecular flexibility index (Phi) is 12.0. The minimum atomic E-state index is -1.10. The number of esters is 1. The Morgan fingerprint density at radius 3 is 2.55 bits per heavy atom. The van der Waals surface area contributed by atoms with Gasteiger partial charge >= 0.3 is 41.5 Å². The number of carbonyl (C=O) groups excluding carboxylic acids is 1. The maximum absolute atomic E-state index is 12.4. The van der Waals surface area contributed by atoms with Crippen LogP contribution in [0.5, 0.6) is 0 Å². The fourth-order valence-corrected chi connectivity index (χ4v) is 4.52. The molecule has 8 atom stereocenters. The summed E-state index contributed by atoms with van der Waals surface area (Å²) >= 11 is 0. The van der Waals surface area contributed by atoms with Gasteiger partial charge in [-0.3, -0.25) is 9.59 Å². The average Bonchev–Trinajstić information content (AvgIpc) is 2.65. The first-order valence-corrected chi connectivity index (χ1v) is 11.0. The number of carbonyl (C=O) groups is 2. The van der Waals surface area contributed by atoms with Crippen LogP contribution in [0.1, 0.15) is 59.3 Å². The molecule has 7 nitrogen and oxygen atoms in total. The van der Waals surface area contributed by atoms with Crippen LogP contribution in [-0.2, 0) is 14.3 Å². The molecule has 0 saturated carbocycles. The number of allylic oxidation sites excluding steroid dienone is 2. The van der Waals surface area contributed by atoms with Gasteiger partial charge in [0, 0.05) is 12.3 Å². The number of hydrogen-bond acceptors (Lipinski definition) is 6. The van der Waals surface area contributed by atoms with E-state index in [2.05, 4.69) is 13.0 Å². The maximum atomic E-state index is 12.4. The van der Waals surface area contributed by atoms with Crippen molar-refractivity contribution in [1.29, 1.82) is 0 Å². The molecule has 0 amide bonds. The van der Waals surface area contributed by atoms with Gasteiger partial charge in [-0.05, 0) is 43.1 Å². The summed E-state index contributed by atoms with van der Waals surface area (Å²) in [5.41, 5.74) is 0.958. The fraction of sp³-hybridized carbons (Fsp3) is 0.739. The molecule has 1 unspecified atom stereocenters. The van der Waals surface area contributed by atoms with E-state index in [-0.39, 0.29) is 72.0 Å². The fourth-order valence-electron chi connectivity index (χ4n) is 4.52. The van der Waals surface area contributed by atoms with E-state index in [1.807, 2.05) is 26.0 Å². The molecule has 2 aliphatic carbocycles. The molecular weight excluding hydrogens is 411 g/mol. The van der Waals surface area contributed by atoms with Gasteiger partial charge in [0.05, 0.1) is 30.7 Å². The quantitative estimate of drug-likeness (QED) is 0.297. The Morgan fingerprint density at radius 2 is 1.94 bits per heavy atom. The molecule has 0 radical (unpaired) electrons. The number of fused-ring (bicyclic) bond motifs is 1. The number of carboxylic acids is 1. The second kappa shape index (κ2) is 13.1. The van der Waals surface area contributed by atoms with Crippen molar-refractivity contribution in [3.8, 4) is 0 Å². The molecule has 0 spiro atoms. The van der Waals surface area contributed by atoms with Gasteiger partial charge in [0.15, 0.2) is 0 Å². The van der Waals surface area contributed by atoms with Gasteiger partial charge in [0.1, 0.15) is 6.10 Å². The second-order valence-electron chi connectivity index (χ2n) is 8.88. The zero-order valence-electron chi connectivity index (χ0n) is 18.1. The van der Waals surface area contributed by atoms with Crippen LogP contribution in [0.2, 0.25) is 0 Å². The Labute approximate surface area is 206 Å². The monoisotopic (exact) mass is 448 g/mol. The first kappa shape index (κ1) is 28.3. The first-order valence-electron chi connectivity index (χ1n) is 11.0. The van der Waals surface area contributed by atoms with Crippen LogP contribution >= 0.6 is 0 Å². The van der Waals surface area contributed by atoms with Crippen LogP contribution in [0.3, 0.4) is 0 Å². The summed E-state index contributed by atoms with van der Waals surface area (Å²) in [6, 6.07) is 0. The number of aliphatic hydroxyl groups is 3. The van der Waals surface area contributed by atoms with Crippen LogP contribution < -0.4 is 0 Å². The topological polar surface area (TPSA) is 124 Å². The van der Waals surface area contributed by atoms with Crippen molar-refractivity contribution in [2.45, 2.75) is 83.7 Å². The van der Waals surface area contributed by atoms with Crippen LogP contribution in [0.15, 0.2) is 23.8 Å². The molecule has 8 heteroatoms. The second-order valence-corrected chi connectivity index (χ2v) is 8.88. The molecule has 0 fully saturated rings. The van der Waals surface area contributed by atoms with Gasteiger partial charge in [-0.15, -0.1) is 0 Å². The number of aliphatic carboxylic acids is 1. The molecule has 31 heavy (non-hydrogen) atoms. The van der Waals surface area contributed by atoms with Gasteiger partial charge in [0.2, 0.25) is 0 Å². The molecule has 2 rings (SSSR count). The molecule has 0 saturated heterocycles. The van der Waals surface area contributed by atoms with Crippen molar-refractivity contribution in [3.05, 3.63) is 23.8 Å². The summed E-state index contributed by atoms with van der Waals surface area (Å²) in [5, 5.41) is 39.1. The summed E-state index contributed by atoms with van der Waals surface area (Å²) in [4.78, 5) is 23.1. The third-order valence-electron chi connectivity index (χ3n) is 6.44. The van der Waals surface area contributed by atoms with E-state index in [1.54, 1.807) is 0 Å². The summed E-state index contributed by atoms with van der Waals surface area (Å²) in [7, 11) is 0. The molecule has 172 valence electrons. The minimum absolute atomic E-state index is 0. The van der Waals surface area contributed by atoms with Gasteiger partial charge in [0.25, 0.3) is 0 Å². The summed E-state index contributed by atoms with van der Waals surface area (Å²) in [6.07, 6.45) is 4.64. The van der Waals surface area contributed by atoms with E-state index in [4.69, 9.17) is 9.84 Å². The third kappa shape index (κ3) is 8.30. The number of aliphatic hydroxyl groups excluding tert-OH is 3. The molecule has 0 aromatic heterocycles. The van der Waals surface area contributed by atoms with Crippen molar-refractivity contribution < 1.29 is 34.8 Å². The van der Waals surface area contributed by atoms with Gasteiger partial charge < -0.3 is 25.2 Å². The van der Waals surface area contributed by atoms with E-state index in [1.165, 1.54) is 0 Å². The van der Waals surface area contributed by atoms with Crippen molar-refractivity contribution >= 4 is 41.5 Å². The molecule has 0 aromatic rings. The predicted octanol–water partition coefficient (Wildman–Crippen LogP) is 1.79. The summed E-state index contributed by atoms with van der Waals surface area (Å²) in [5.74, 6) is -1.31. The number of rotatable bonds is 10. The Morgan fingerprint density at radius 1 is 1.26 bits per heavy atom. The van der Waals surface area contributed by atoms with E-state index in [9.17, 15) is 24.9 Å². The van der Waals surface area contributed by atoms with Crippen LogP contribution in [0, 0.1) is 23.7 Å². The van der Waals surface area contributed by atoms with Crippen LogP contribution in [0.25, 0.3) is 0 Å². The number of carboxylic acid groups (broad SMARTS) is 1. The molecular formula is C23H37NaO7. The van der Waals surface area contributed by atoms with E-state index < -0.39 is 30.4 Å². The number of hydrogen-bond donors (Lipinski definition) is 4. The Hall–Kier alpha value is -0.700. The van der Waals surface area contributed by atoms with E-state index in [0.29, 0.717) is 25.7 Å². The normalized spacial score (nSPS) is 30.3. The molecule has 0 aromatic carbocycles. The molecule has 0 heterocycles. The third-order valence-corrected chi connectivity index (χ3v) is 6.44. The van der Waals surface area contributed by atoms with Gasteiger partial charge in [-0.2, -0.15) is 0 Å². The Bertz CT molecular complexity index is 662. The van der Waals surface area contributed by atoms with Crippen molar-refractivity contribution in [3.63, 3.8) is 0 Å². The molecule has 0 bridgehead atoms. The van der Waals surface area contributed by atoms with Crippen LogP contribution in [-0.4, -0.2) is 86.3 Å². The Balaban J connectivity index is 0.00000480. The zero-order chi connectivity index (χ0) is 22.4. The van der Waals surface area contributed by atoms with E-state index in [0.717, 1.165) is 5.57 Å². The van der Waals surface area contributed by atoms with Crippen molar-refractivity contribution in [2.24, 2.45) is 23.7 Å². The first-order chi connectivity index (χ1) is 14.1. The van der Waals surface area contributed by atoms with Gasteiger partial charge in [-0.25, -0.2) is 0 Å². The summed E-state index contributed by atoms with van der Waals surface area (Å²) < 4.78 is 5.84. The average molecular weight is 449 g/mol.